The molecule has 1 heterocycles. The third-order valence-electron chi connectivity index (χ3n) is 6.98. The average molecular weight is 503 g/mol. The molecule has 2 aliphatic rings. The normalized spacial score (nSPS) is 19.4. The van der Waals surface area contributed by atoms with Gasteiger partial charge in [-0.05, 0) is 72.7 Å². The van der Waals surface area contributed by atoms with E-state index in [0.717, 1.165) is 31.6 Å². The van der Waals surface area contributed by atoms with Crippen molar-refractivity contribution in [1.29, 1.82) is 0 Å². The quantitative estimate of drug-likeness (QED) is 0.455. The minimum Gasteiger partial charge on any atom is -0.492 e. The van der Waals surface area contributed by atoms with Gasteiger partial charge in [0.15, 0.2) is 11.0 Å². The second-order valence-electron chi connectivity index (χ2n) is 10.2. The van der Waals surface area contributed by atoms with Crippen molar-refractivity contribution in [2.75, 3.05) is 38.1 Å². The number of halogens is 1. The number of nitrogens with zero attached hydrogens (tertiary/aromatic N) is 1. The van der Waals surface area contributed by atoms with E-state index >= 15 is 0 Å². The van der Waals surface area contributed by atoms with Gasteiger partial charge in [0, 0.05) is 12.5 Å². The molecule has 1 N–H and O–H groups in total. The zero-order valence-electron chi connectivity index (χ0n) is 21.2. The molecule has 6 nitrogen and oxygen atoms in total. The van der Waals surface area contributed by atoms with Crippen LogP contribution in [0.1, 0.15) is 61.5 Å². The number of anilines is 1. The molecule has 0 bridgehead atoms. The maximum atomic E-state index is 14.2. The van der Waals surface area contributed by atoms with Crippen LogP contribution in [0.5, 0.6) is 5.75 Å². The first-order chi connectivity index (χ1) is 16.7. The lowest BCUT2D eigenvalue weighted by Gasteiger charge is -2.32. The van der Waals surface area contributed by atoms with Gasteiger partial charge >= 0.3 is 5.97 Å². The molecule has 0 aromatic heterocycles. The Morgan fingerprint density at radius 3 is 2.69 bits per heavy atom. The van der Waals surface area contributed by atoms with Crippen molar-refractivity contribution >= 4 is 22.6 Å². The van der Waals surface area contributed by atoms with Crippen LogP contribution in [0.2, 0.25) is 0 Å². The highest BCUT2D eigenvalue weighted by molar-refractivity contribution is 7.86. The Hall–Kier alpha value is -2.45. The van der Waals surface area contributed by atoms with Gasteiger partial charge in [-0.3, -0.25) is 0 Å². The van der Waals surface area contributed by atoms with Crippen molar-refractivity contribution in [3.63, 3.8) is 0 Å². The van der Waals surface area contributed by atoms with E-state index in [2.05, 4.69) is 37.3 Å². The predicted molar refractivity (Wildman–Crippen MR) is 136 cm³/mol. The smallest absolute Gasteiger partial charge is 0.343 e. The van der Waals surface area contributed by atoms with Crippen molar-refractivity contribution in [1.82, 2.24) is 4.90 Å². The lowest BCUT2D eigenvalue weighted by Crippen LogP contribution is -2.35. The Labute approximate surface area is 209 Å². The molecule has 0 radical (unpaired) electrons. The van der Waals surface area contributed by atoms with E-state index in [1.807, 2.05) is 6.07 Å². The number of rotatable bonds is 10. The van der Waals surface area contributed by atoms with Gasteiger partial charge in [0.25, 0.3) is 0 Å². The molecule has 190 valence electrons. The second-order valence-corrected chi connectivity index (χ2v) is 11.4. The number of hydrogen-bond donors (Lipinski definition) is 1. The second kappa shape index (κ2) is 10.3. The van der Waals surface area contributed by atoms with Gasteiger partial charge in [-0.1, -0.05) is 33.8 Å². The van der Waals surface area contributed by atoms with E-state index in [4.69, 9.17) is 9.47 Å². The maximum Gasteiger partial charge on any atom is 0.343 e. The summed E-state index contributed by atoms with van der Waals surface area (Å²) in [5.74, 6) is 0.508. The van der Waals surface area contributed by atoms with E-state index < -0.39 is 17.0 Å². The molecule has 2 aromatic carbocycles. The number of methoxy groups -OCH3 is 1. The number of hydrogen-bond acceptors (Lipinski definition) is 5. The highest BCUT2D eigenvalue weighted by Gasteiger charge is 2.45. The fraction of sp³-hybridized carbons (Fsp3) is 0.519. The Morgan fingerprint density at radius 1 is 1.26 bits per heavy atom. The minimum atomic E-state index is -1.73. The van der Waals surface area contributed by atoms with Gasteiger partial charge in [0.1, 0.15) is 17.1 Å². The Balaban J connectivity index is 1.63. The summed E-state index contributed by atoms with van der Waals surface area (Å²) in [6.45, 7) is 11.8. The van der Waals surface area contributed by atoms with E-state index in [9.17, 15) is 13.4 Å². The zero-order chi connectivity index (χ0) is 25.3. The standard InChI is InChI=1S/C27H35FN2O4S/c1-6-30(7-2)16-27(3,4)14-17-12-19(28)8-11-23(17)35(32)29-22-10-9-20-21-13-18(21)15-34-25(20)24(22)26(31)33-5/h8-12,18,21,29H,6-7,13-16H2,1-5H3. The van der Waals surface area contributed by atoms with Gasteiger partial charge in [-0.25, -0.2) is 13.4 Å². The van der Waals surface area contributed by atoms with Crippen LogP contribution in [0.3, 0.4) is 0 Å². The Kier molecular flexibility index (Phi) is 7.52. The van der Waals surface area contributed by atoms with Gasteiger partial charge in [0.05, 0.1) is 24.3 Å². The summed E-state index contributed by atoms with van der Waals surface area (Å²) >= 11 is 0. The fourth-order valence-electron chi connectivity index (χ4n) is 5.08. The molecule has 1 aliphatic carbocycles. The Morgan fingerprint density at radius 2 is 2.00 bits per heavy atom. The number of fused-ring (bicyclic) bond motifs is 3. The summed E-state index contributed by atoms with van der Waals surface area (Å²) < 4.78 is 41.7. The van der Waals surface area contributed by atoms with Gasteiger partial charge in [0.2, 0.25) is 0 Å². The third kappa shape index (κ3) is 5.54. The summed E-state index contributed by atoms with van der Waals surface area (Å²) in [6, 6.07) is 8.04. The van der Waals surface area contributed by atoms with Crippen LogP contribution in [-0.2, 0) is 22.1 Å². The molecule has 0 spiro atoms. The fourth-order valence-corrected chi connectivity index (χ4v) is 6.13. The monoisotopic (exact) mass is 502 g/mol. The number of carbonyl (C=O) groups excluding carboxylic acids is 1. The topological polar surface area (TPSA) is 67.9 Å². The van der Waals surface area contributed by atoms with Crippen LogP contribution >= 0.6 is 0 Å². The van der Waals surface area contributed by atoms with Crippen molar-refractivity contribution in [2.45, 2.75) is 51.3 Å². The maximum absolute atomic E-state index is 14.2. The molecule has 3 unspecified atom stereocenters. The van der Waals surface area contributed by atoms with Gasteiger partial charge in [-0.15, -0.1) is 0 Å². The van der Waals surface area contributed by atoms with Crippen LogP contribution in [0.4, 0.5) is 10.1 Å². The van der Waals surface area contributed by atoms with Crippen molar-refractivity contribution < 1.29 is 22.9 Å². The molecule has 2 aromatic rings. The van der Waals surface area contributed by atoms with Crippen molar-refractivity contribution in [3.05, 3.63) is 52.8 Å². The van der Waals surface area contributed by atoms with Crippen LogP contribution in [0.15, 0.2) is 35.2 Å². The molecular formula is C27H35FN2O4S. The van der Waals surface area contributed by atoms with Crippen molar-refractivity contribution in [3.8, 4) is 5.75 Å². The first-order valence-corrected chi connectivity index (χ1v) is 13.4. The highest BCUT2D eigenvalue weighted by atomic mass is 32.2. The Bertz CT molecular complexity index is 1130. The zero-order valence-corrected chi connectivity index (χ0v) is 22.0. The molecule has 8 heteroatoms. The summed E-state index contributed by atoms with van der Waals surface area (Å²) in [4.78, 5) is 15.5. The van der Waals surface area contributed by atoms with E-state index in [1.165, 1.54) is 19.2 Å². The summed E-state index contributed by atoms with van der Waals surface area (Å²) in [5.41, 5.74) is 2.16. The molecule has 0 amide bonds. The van der Waals surface area contributed by atoms with E-state index in [-0.39, 0.29) is 16.8 Å². The molecular weight excluding hydrogens is 467 g/mol. The number of nitrogens with one attached hydrogen (secondary N) is 1. The van der Waals surface area contributed by atoms with E-state index in [0.29, 0.717) is 46.8 Å². The molecule has 0 saturated heterocycles. The van der Waals surface area contributed by atoms with Crippen molar-refractivity contribution in [2.24, 2.45) is 11.3 Å². The van der Waals surface area contributed by atoms with Crippen LogP contribution < -0.4 is 9.46 Å². The average Bonchev–Trinajstić information content (AvgIpc) is 3.62. The van der Waals surface area contributed by atoms with Gasteiger partial charge in [-0.2, -0.15) is 0 Å². The molecule has 4 rings (SSSR count). The highest BCUT2D eigenvalue weighted by Crippen LogP contribution is 2.55. The number of carbonyl (C=O) groups is 1. The molecule has 3 atom stereocenters. The van der Waals surface area contributed by atoms with Gasteiger partial charge < -0.3 is 19.1 Å². The first-order valence-electron chi connectivity index (χ1n) is 12.2. The number of esters is 1. The molecule has 1 saturated carbocycles. The molecule has 1 aliphatic heterocycles. The summed E-state index contributed by atoms with van der Waals surface area (Å²) in [7, 11) is -0.406. The van der Waals surface area contributed by atoms with Crippen LogP contribution in [0, 0.1) is 17.2 Å². The predicted octanol–water partition coefficient (Wildman–Crippen LogP) is 5.15. The number of benzene rings is 2. The first kappa shape index (κ1) is 25.6. The minimum absolute atomic E-state index is 0.156. The van der Waals surface area contributed by atoms with Crippen LogP contribution in [-0.4, -0.2) is 48.4 Å². The lowest BCUT2D eigenvalue weighted by molar-refractivity contribution is 0.0596. The van der Waals surface area contributed by atoms with Crippen LogP contribution in [0.25, 0.3) is 0 Å². The SMILES string of the molecule is CCN(CC)CC(C)(C)Cc1cc(F)ccc1S(=O)Nc1ccc2c(c1C(=O)OC)OCC1CC21. The summed E-state index contributed by atoms with van der Waals surface area (Å²) in [5, 5.41) is 0. The molecule has 1 fully saturated rings. The third-order valence-corrected chi connectivity index (χ3v) is 8.18. The molecule has 35 heavy (non-hydrogen) atoms. The number of ether oxygens (including phenoxy) is 2. The van der Waals surface area contributed by atoms with E-state index in [1.54, 1.807) is 12.1 Å². The summed E-state index contributed by atoms with van der Waals surface area (Å²) in [6.07, 6.45) is 1.61. The lowest BCUT2D eigenvalue weighted by atomic mass is 9.85. The largest absolute Gasteiger partial charge is 0.492 e.